The van der Waals surface area contributed by atoms with Crippen LogP contribution in [0.3, 0.4) is 0 Å². The molecule has 2 bridgehead atoms. The SMILES string of the molecule is CC1C(C)C2C=CC1C2(C)C. The minimum atomic E-state index is 0.554. The Morgan fingerprint density at radius 2 is 1.27 bits per heavy atom. The predicted molar refractivity (Wildman–Crippen MR) is 48.2 cm³/mol. The minimum Gasteiger partial charge on any atom is -0.0843 e. The molecule has 0 nitrogen and oxygen atoms in total. The molecule has 0 amide bonds. The minimum absolute atomic E-state index is 0.554. The van der Waals surface area contributed by atoms with Gasteiger partial charge in [-0.15, -0.1) is 0 Å². The molecule has 2 aliphatic rings. The van der Waals surface area contributed by atoms with Gasteiger partial charge in [0.05, 0.1) is 0 Å². The molecule has 0 spiro atoms. The first-order valence-electron chi connectivity index (χ1n) is 4.73. The Bertz CT molecular complexity index is 180. The summed E-state index contributed by atoms with van der Waals surface area (Å²) in [4.78, 5) is 0. The van der Waals surface area contributed by atoms with Gasteiger partial charge >= 0.3 is 0 Å². The molecule has 1 fully saturated rings. The summed E-state index contributed by atoms with van der Waals surface area (Å²) in [6, 6.07) is 0. The third-order valence-corrected chi connectivity index (χ3v) is 4.21. The lowest BCUT2D eigenvalue weighted by molar-refractivity contribution is 0.259. The topological polar surface area (TPSA) is 0 Å². The molecule has 11 heavy (non-hydrogen) atoms. The number of hydrogen-bond acceptors (Lipinski definition) is 0. The summed E-state index contributed by atoms with van der Waals surface area (Å²) >= 11 is 0. The van der Waals surface area contributed by atoms with Crippen LogP contribution in [-0.4, -0.2) is 0 Å². The average Bonchev–Trinajstić information content (AvgIpc) is 2.27. The molecule has 0 saturated heterocycles. The zero-order chi connectivity index (χ0) is 8.22. The second kappa shape index (κ2) is 1.91. The molecule has 0 N–H and O–H groups in total. The largest absolute Gasteiger partial charge is 0.0843 e. The van der Waals surface area contributed by atoms with Crippen molar-refractivity contribution in [3.63, 3.8) is 0 Å². The van der Waals surface area contributed by atoms with Gasteiger partial charge in [0.25, 0.3) is 0 Å². The molecular formula is C11H18. The monoisotopic (exact) mass is 150 g/mol. The van der Waals surface area contributed by atoms with Crippen molar-refractivity contribution in [1.82, 2.24) is 0 Å². The normalized spacial score (nSPS) is 52.0. The summed E-state index contributed by atoms with van der Waals surface area (Å²) in [6.45, 7) is 9.64. The standard InChI is InChI=1S/C11H18/c1-7-8(2)10-6-5-9(7)11(10,3)4/h5-10H,1-4H3. The zero-order valence-corrected chi connectivity index (χ0v) is 7.96. The van der Waals surface area contributed by atoms with Crippen LogP contribution in [-0.2, 0) is 0 Å². The maximum atomic E-state index is 2.44. The maximum absolute atomic E-state index is 2.44. The van der Waals surface area contributed by atoms with Gasteiger partial charge in [-0.2, -0.15) is 0 Å². The summed E-state index contributed by atoms with van der Waals surface area (Å²) < 4.78 is 0. The first-order valence-corrected chi connectivity index (χ1v) is 4.73. The molecule has 1 saturated carbocycles. The summed E-state index contributed by atoms with van der Waals surface area (Å²) in [5.74, 6) is 3.50. The Balaban J connectivity index is 2.38. The maximum Gasteiger partial charge on any atom is -0.0148 e. The second-order valence-corrected chi connectivity index (χ2v) is 4.98. The van der Waals surface area contributed by atoms with E-state index in [2.05, 4.69) is 39.8 Å². The predicted octanol–water partition coefficient (Wildman–Crippen LogP) is 3.10. The molecular weight excluding hydrogens is 132 g/mol. The molecule has 0 aromatic carbocycles. The molecule has 62 valence electrons. The quantitative estimate of drug-likeness (QED) is 0.465. The van der Waals surface area contributed by atoms with Crippen molar-refractivity contribution in [2.24, 2.45) is 29.1 Å². The molecule has 0 radical (unpaired) electrons. The van der Waals surface area contributed by atoms with Crippen molar-refractivity contribution in [3.8, 4) is 0 Å². The highest BCUT2D eigenvalue weighted by Gasteiger charge is 2.52. The van der Waals surface area contributed by atoms with Crippen molar-refractivity contribution in [3.05, 3.63) is 12.2 Å². The zero-order valence-electron chi connectivity index (χ0n) is 7.96. The van der Waals surface area contributed by atoms with E-state index >= 15 is 0 Å². The van der Waals surface area contributed by atoms with E-state index in [-0.39, 0.29) is 0 Å². The van der Waals surface area contributed by atoms with Gasteiger partial charge in [0.15, 0.2) is 0 Å². The first-order chi connectivity index (χ1) is 5.05. The van der Waals surface area contributed by atoms with Gasteiger partial charge in [-0.25, -0.2) is 0 Å². The van der Waals surface area contributed by atoms with Crippen LogP contribution in [0, 0.1) is 29.1 Å². The lowest BCUT2D eigenvalue weighted by Gasteiger charge is -2.25. The van der Waals surface area contributed by atoms with E-state index in [1.54, 1.807) is 0 Å². The molecule has 0 aliphatic heterocycles. The van der Waals surface area contributed by atoms with Gasteiger partial charge in [0.2, 0.25) is 0 Å². The van der Waals surface area contributed by atoms with E-state index in [1.165, 1.54) is 0 Å². The fraction of sp³-hybridized carbons (Fsp3) is 0.818. The Morgan fingerprint density at radius 1 is 0.909 bits per heavy atom. The van der Waals surface area contributed by atoms with Crippen molar-refractivity contribution >= 4 is 0 Å². The highest BCUT2D eigenvalue weighted by Crippen LogP contribution is 2.58. The Kier molecular flexibility index (Phi) is 1.28. The van der Waals surface area contributed by atoms with Crippen molar-refractivity contribution in [1.29, 1.82) is 0 Å². The van der Waals surface area contributed by atoms with E-state index in [0.717, 1.165) is 23.7 Å². The van der Waals surface area contributed by atoms with Crippen LogP contribution < -0.4 is 0 Å². The van der Waals surface area contributed by atoms with Crippen LogP contribution in [0.25, 0.3) is 0 Å². The van der Waals surface area contributed by atoms with Gasteiger partial charge in [0, 0.05) is 0 Å². The fourth-order valence-electron chi connectivity index (χ4n) is 3.32. The average molecular weight is 150 g/mol. The summed E-state index contributed by atoms with van der Waals surface area (Å²) in [6.07, 6.45) is 4.88. The number of hydrogen-bond donors (Lipinski definition) is 0. The van der Waals surface area contributed by atoms with Gasteiger partial charge < -0.3 is 0 Å². The molecule has 2 rings (SSSR count). The highest BCUT2D eigenvalue weighted by molar-refractivity contribution is 5.19. The smallest absolute Gasteiger partial charge is 0.0148 e. The molecule has 0 aromatic heterocycles. The Labute approximate surface area is 69.7 Å². The molecule has 4 atom stereocenters. The summed E-state index contributed by atoms with van der Waals surface area (Å²) in [5, 5.41) is 0. The van der Waals surface area contributed by atoms with Crippen molar-refractivity contribution in [2.75, 3.05) is 0 Å². The van der Waals surface area contributed by atoms with Crippen LogP contribution in [0.1, 0.15) is 27.7 Å². The van der Waals surface area contributed by atoms with Gasteiger partial charge in [-0.05, 0) is 29.1 Å². The van der Waals surface area contributed by atoms with Gasteiger partial charge in [-0.3, -0.25) is 0 Å². The van der Waals surface area contributed by atoms with Crippen LogP contribution in [0.15, 0.2) is 12.2 Å². The lowest BCUT2D eigenvalue weighted by atomic mass is 9.79. The third kappa shape index (κ3) is 0.706. The van der Waals surface area contributed by atoms with E-state index in [1.807, 2.05) is 0 Å². The van der Waals surface area contributed by atoms with E-state index in [0.29, 0.717) is 5.41 Å². The molecule has 0 aromatic rings. The van der Waals surface area contributed by atoms with Crippen molar-refractivity contribution in [2.45, 2.75) is 27.7 Å². The molecule has 0 heterocycles. The Morgan fingerprint density at radius 3 is 1.45 bits per heavy atom. The third-order valence-electron chi connectivity index (χ3n) is 4.21. The molecule has 2 aliphatic carbocycles. The number of fused-ring (bicyclic) bond motifs is 2. The van der Waals surface area contributed by atoms with Crippen molar-refractivity contribution < 1.29 is 0 Å². The van der Waals surface area contributed by atoms with E-state index in [9.17, 15) is 0 Å². The fourth-order valence-corrected chi connectivity index (χ4v) is 3.32. The highest BCUT2D eigenvalue weighted by atomic mass is 14.6. The first kappa shape index (κ1) is 7.39. The summed E-state index contributed by atoms with van der Waals surface area (Å²) in [7, 11) is 0. The number of rotatable bonds is 0. The van der Waals surface area contributed by atoms with Crippen LogP contribution in [0.4, 0.5) is 0 Å². The molecule has 0 heteroatoms. The van der Waals surface area contributed by atoms with Crippen LogP contribution >= 0.6 is 0 Å². The van der Waals surface area contributed by atoms with Gasteiger partial charge in [-0.1, -0.05) is 39.8 Å². The lowest BCUT2D eigenvalue weighted by Crippen LogP contribution is -2.19. The second-order valence-electron chi connectivity index (χ2n) is 4.98. The van der Waals surface area contributed by atoms with Gasteiger partial charge in [0.1, 0.15) is 0 Å². The van der Waals surface area contributed by atoms with Crippen LogP contribution in [0.5, 0.6) is 0 Å². The van der Waals surface area contributed by atoms with Crippen LogP contribution in [0.2, 0.25) is 0 Å². The van der Waals surface area contributed by atoms with E-state index < -0.39 is 0 Å². The summed E-state index contributed by atoms with van der Waals surface area (Å²) in [5.41, 5.74) is 0.554. The Hall–Kier alpha value is -0.260. The van der Waals surface area contributed by atoms with E-state index in [4.69, 9.17) is 0 Å². The molecule has 4 unspecified atom stereocenters. The number of allylic oxidation sites excluding steroid dienone is 2.